The lowest BCUT2D eigenvalue weighted by Gasteiger charge is -2.22. The number of benzene rings is 1. The highest BCUT2D eigenvalue weighted by molar-refractivity contribution is 14.0. The molecule has 156 valence electrons. The molecule has 0 saturated carbocycles. The minimum absolute atomic E-state index is 0. The highest BCUT2D eigenvalue weighted by atomic mass is 127. The van der Waals surface area contributed by atoms with Gasteiger partial charge in [0.05, 0.1) is 12.8 Å². The summed E-state index contributed by atoms with van der Waals surface area (Å²) in [5.41, 5.74) is 0.0797. The second kappa shape index (κ2) is 11.0. The Morgan fingerprint density at radius 1 is 1.21 bits per heavy atom. The molecule has 0 radical (unpaired) electrons. The van der Waals surface area contributed by atoms with Crippen LogP contribution < -0.4 is 10.6 Å². The zero-order valence-corrected chi connectivity index (χ0v) is 19.0. The van der Waals surface area contributed by atoms with Crippen molar-refractivity contribution >= 4 is 29.9 Å². The van der Waals surface area contributed by atoms with Crippen LogP contribution in [0.25, 0.3) is 0 Å². The highest BCUT2D eigenvalue weighted by Gasteiger charge is 2.26. The van der Waals surface area contributed by atoms with Crippen molar-refractivity contribution in [2.45, 2.75) is 32.5 Å². The van der Waals surface area contributed by atoms with Crippen LogP contribution in [0.5, 0.6) is 0 Å². The molecule has 3 aromatic rings. The van der Waals surface area contributed by atoms with Gasteiger partial charge in [0.15, 0.2) is 5.96 Å². The maximum atomic E-state index is 10.6. The molecule has 3 N–H and O–H groups in total. The van der Waals surface area contributed by atoms with Gasteiger partial charge in [-0.25, -0.2) is 9.98 Å². The van der Waals surface area contributed by atoms with E-state index in [0.29, 0.717) is 24.8 Å². The van der Waals surface area contributed by atoms with Crippen molar-refractivity contribution in [2.24, 2.45) is 4.99 Å². The van der Waals surface area contributed by atoms with Crippen LogP contribution in [0.2, 0.25) is 0 Å². The van der Waals surface area contributed by atoms with Gasteiger partial charge in [-0.1, -0.05) is 30.3 Å². The summed E-state index contributed by atoms with van der Waals surface area (Å²) >= 11 is 0. The van der Waals surface area contributed by atoms with E-state index in [0.717, 1.165) is 12.4 Å². The van der Waals surface area contributed by atoms with Crippen LogP contribution in [-0.2, 0) is 18.7 Å². The summed E-state index contributed by atoms with van der Waals surface area (Å²) in [6.07, 6.45) is 5.30. The number of hydrogen-bond acceptors (Lipinski definition) is 4. The van der Waals surface area contributed by atoms with E-state index in [4.69, 9.17) is 4.42 Å². The molecule has 0 aliphatic carbocycles. The van der Waals surface area contributed by atoms with Crippen molar-refractivity contribution in [3.8, 4) is 0 Å². The maximum Gasteiger partial charge on any atom is 0.191 e. The molecule has 2 aromatic heterocycles. The normalized spacial score (nSPS) is 13.4. The summed E-state index contributed by atoms with van der Waals surface area (Å²) in [4.78, 5) is 9.04. The zero-order valence-electron chi connectivity index (χ0n) is 16.7. The molecule has 0 aliphatic rings. The van der Waals surface area contributed by atoms with Gasteiger partial charge < -0.3 is 24.7 Å². The van der Waals surface area contributed by atoms with Gasteiger partial charge in [-0.15, -0.1) is 24.0 Å². The van der Waals surface area contributed by atoms with Gasteiger partial charge in [0.2, 0.25) is 0 Å². The maximum absolute atomic E-state index is 10.6. The summed E-state index contributed by atoms with van der Waals surface area (Å²) in [5, 5.41) is 17.0. The molecule has 0 amide bonds. The molecule has 29 heavy (non-hydrogen) atoms. The number of nitrogens with zero attached hydrogens (tertiary/aromatic N) is 3. The lowest BCUT2D eigenvalue weighted by Crippen LogP contribution is -2.44. The van der Waals surface area contributed by atoms with E-state index in [1.54, 1.807) is 31.5 Å². The third-order valence-corrected chi connectivity index (χ3v) is 4.37. The Kier molecular flexibility index (Phi) is 8.71. The van der Waals surface area contributed by atoms with Gasteiger partial charge >= 0.3 is 0 Å². The third kappa shape index (κ3) is 6.60. The Morgan fingerprint density at radius 2 is 2.00 bits per heavy atom. The Balaban J connectivity index is 0.00000300. The van der Waals surface area contributed by atoms with Crippen molar-refractivity contribution in [3.63, 3.8) is 0 Å². The number of nitrogens with one attached hydrogen (secondary N) is 2. The third-order valence-electron chi connectivity index (χ3n) is 4.37. The molecule has 1 atom stereocenters. The molecule has 8 heteroatoms. The fourth-order valence-corrected chi connectivity index (χ4v) is 2.84. The summed E-state index contributed by atoms with van der Waals surface area (Å²) in [6, 6.07) is 13.8. The van der Waals surface area contributed by atoms with E-state index in [1.807, 2.05) is 31.3 Å². The van der Waals surface area contributed by atoms with E-state index in [9.17, 15) is 5.11 Å². The Morgan fingerprint density at radius 3 is 2.69 bits per heavy atom. The molecular formula is C21H28IN5O2. The van der Waals surface area contributed by atoms with Crippen LogP contribution in [0.15, 0.2) is 70.5 Å². The molecule has 0 saturated heterocycles. The quantitative estimate of drug-likeness (QED) is 0.247. The Labute approximate surface area is 188 Å². The number of guanidine groups is 1. The predicted molar refractivity (Wildman–Crippen MR) is 124 cm³/mol. The largest absolute Gasteiger partial charge is 0.466 e. The molecule has 1 unspecified atom stereocenters. The summed E-state index contributed by atoms with van der Waals surface area (Å²) in [7, 11) is 0. The van der Waals surface area contributed by atoms with Crippen LogP contribution in [0.4, 0.5) is 0 Å². The number of imidazole rings is 1. The minimum atomic E-state index is -1.13. The van der Waals surface area contributed by atoms with E-state index < -0.39 is 5.60 Å². The Hall–Kier alpha value is -2.33. The van der Waals surface area contributed by atoms with Crippen LogP contribution >= 0.6 is 24.0 Å². The van der Waals surface area contributed by atoms with Crippen LogP contribution in [0.3, 0.4) is 0 Å². The first kappa shape index (κ1) is 23.0. The molecule has 2 heterocycles. The molecule has 1 aromatic carbocycles. The number of hydrogen-bond donors (Lipinski definition) is 3. The summed E-state index contributed by atoms with van der Waals surface area (Å²) in [5.74, 6) is 2.00. The van der Waals surface area contributed by atoms with Gasteiger partial charge in [0.1, 0.15) is 23.7 Å². The second-order valence-electron chi connectivity index (χ2n) is 6.76. The summed E-state index contributed by atoms with van der Waals surface area (Å²) < 4.78 is 7.40. The van der Waals surface area contributed by atoms with E-state index in [-0.39, 0.29) is 30.5 Å². The predicted octanol–water partition coefficient (Wildman–Crippen LogP) is 3.11. The van der Waals surface area contributed by atoms with Crippen LogP contribution in [0.1, 0.15) is 31.0 Å². The van der Waals surface area contributed by atoms with Crippen molar-refractivity contribution in [2.75, 3.05) is 13.1 Å². The van der Waals surface area contributed by atoms with Crippen LogP contribution in [-0.4, -0.2) is 33.7 Å². The molecule has 3 rings (SSSR count). The average Bonchev–Trinajstić information content (AvgIpc) is 3.38. The minimum Gasteiger partial charge on any atom is -0.466 e. The van der Waals surface area contributed by atoms with E-state index in [1.165, 1.54) is 5.56 Å². The zero-order chi connectivity index (χ0) is 19.8. The monoisotopic (exact) mass is 509 g/mol. The van der Waals surface area contributed by atoms with E-state index >= 15 is 0 Å². The average molecular weight is 509 g/mol. The highest BCUT2D eigenvalue weighted by Crippen LogP contribution is 2.19. The standard InChI is InChI=1S/C21H27N5O2.HI/c1-3-22-20(25-16-21(2,27)18-10-7-13-28-18)24-14-19-23-11-12-26(19)15-17-8-5-4-6-9-17;/h4-13,27H,3,14-16H2,1-2H3,(H2,22,24,25);1H. The molecule has 0 aliphatic heterocycles. The van der Waals surface area contributed by atoms with Gasteiger partial charge in [-0.2, -0.15) is 0 Å². The van der Waals surface area contributed by atoms with Gasteiger partial charge in [0.25, 0.3) is 0 Å². The van der Waals surface area contributed by atoms with Gasteiger partial charge in [-0.05, 0) is 31.5 Å². The number of aliphatic hydroxyl groups is 1. The molecule has 0 spiro atoms. The van der Waals surface area contributed by atoms with Crippen molar-refractivity contribution in [1.82, 2.24) is 20.2 Å². The Bertz CT molecular complexity index is 876. The summed E-state index contributed by atoms with van der Waals surface area (Å²) in [6.45, 7) is 5.87. The number of furan rings is 1. The lowest BCUT2D eigenvalue weighted by atomic mass is 10.0. The number of halogens is 1. The first-order valence-corrected chi connectivity index (χ1v) is 9.41. The SMILES string of the molecule is CCNC(=NCc1nccn1Cc1ccccc1)NCC(C)(O)c1ccco1.I. The number of aromatic nitrogens is 2. The fourth-order valence-electron chi connectivity index (χ4n) is 2.84. The van der Waals surface area contributed by atoms with Gasteiger partial charge in [0, 0.05) is 25.5 Å². The number of aliphatic imine (C=N–C) groups is 1. The topological polar surface area (TPSA) is 87.6 Å². The van der Waals surface area contributed by atoms with Crippen LogP contribution in [0, 0.1) is 0 Å². The fraction of sp³-hybridized carbons (Fsp3) is 0.333. The van der Waals surface area contributed by atoms with Crippen molar-refractivity contribution < 1.29 is 9.52 Å². The smallest absolute Gasteiger partial charge is 0.191 e. The van der Waals surface area contributed by atoms with E-state index in [2.05, 4.69) is 37.3 Å². The molecule has 7 nitrogen and oxygen atoms in total. The van der Waals surface area contributed by atoms with Crippen molar-refractivity contribution in [1.29, 1.82) is 0 Å². The molecular weight excluding hydrogens is 481 g/mol. The number of rotatable bonds is 8. The second-order valence-corrected chi connectivity index (χ2v) is 6.76. The van der Waals surface area contributed by atoms with Gasteiger partial charge in [-0.3, -0.25) is 0 Å². The van der Waals surface area contributed by atoms with Crippen molar-refractivity contribution in [3.05, 3.63) is 78.3 Å². The molecule has 0 fully saturated rings. The first-order chi connectivity index (χ1) is 13.6. The first-order valence-electron chi connectivity index (χ1n) is 9.41. The molecule has 0 bridgehead atoms. The lowest BCUT2D eigenvalue weighted by molar-refractivity contribution is 0.0386.